The maximum Gasteiger partial charge on any atom is 0.261 e. The van der Waals surface area contributed by atoms with E-state index < -0.39 is 22.0 Å². The molecule has 7 nitrogen and oxygen atoms in total. The molecule has 10 heteroatoms. The predicted octanol–water partition coefficient (Wildman–Crippen LogP) is 3.10. The number of carbonyl (C=O) groups excluding carboxylic acids is 1. The second-order valence-corrected chi connectivity index (χ2v) is 9.43. The van der Waals surface area contributed by atoms with E-state index in [1.54, 1.807) is 43.3 Å². The Bertz CT molecular complexity index is 1010. The number of carbonyl (C=O) groups is 1. The summed E-state index contributed by atoms with van der Waals surface area (Å²) in [5.74, 6) is -0.0707. The molecule has 3 rings (SSSR count). The van der Waals surface area contributed by atoms with Crippen LogP contribution in [-0.4, -0.2) is 51.0 Å². The first-order valence-corrected chi connectivity index (χ1v) is 11.5. The summed E-state index contributed by atoms with van der Waals surface area (Å²) >= 11 is 11.9. The molecule has 0 radical (unpaired) electrons. The molecule has 1 N–H and O–H groups in total. The SMILES string of the molecule is C[C@H](Oc1ccc(Cl)cc1Cl)C(=O)NCc1ccccc1S(=O)(=O)N1CCOCC1. The average molecular weight is 473 g/mol. The number of hydrogen-bond acceptors (Lipinski definition) is 5. The number of benzene rings is 2. The quantitative estimate of drug-likeness (QED) is 0.668. The van der Waals surface area contributed by atoms with Gasteiger partial charge >= 0.3 is 0 Å². The van der Waals surface area contributed by atoms with E-state index in [0.717, 1.165) is 0 Å². The van der Waals surface area contributed by atoms with Gasteiger partial charge in [-0.05, 0) is 36.8 Å². The molecule has 0 aromatic heterocycles. The molecule has 0 aliphatic carbocycles. The smallest absolute Gasteiger partial charge is 0.261 e. The van der Waals surface area contributed by atoms with Gasteiger partial charge in [-0.1, -0.05) is 41.4 Å². The molecule has 1 atom stereocenters. The van der Waals surface area contributed by atoms with Crippen molar-refractivity contribution < 1.29 is 22.7 Å². The Morgan fingerprint density at radius 2 is 1.90 bits per heavy atom. The molecule has 0 unspecified atom stereocenters. The highest BCUT2D eigenvalue weighted by atomic mass is 35.5. The van der Waals surface area contributed by atoms with Crippen LogP contribution in [0.4, 0.5) is 0 Å². The molecular formula is C20H22Cl2N2O5S. The summed E-state index contributed by atoms with van der Waals surface area (Å²) in [6.45, 7) is 2.95. The van der Waals surface area contributed by atoms with Crippen LogP contribution >= 0.6 is 23.2 Å². The van der Waals surface area contributed by atoms with E-state index >= 15 is 0 Å². The molecule has 1 aliphatic rings. The fraction of sp³-hybridized carbons (Fsp3) is 0.350. The lowest BCUT2D eigenvalue weighted by atomic mass is 10.2. The maximum atomic E-state index is 13.0. The zero-order valence-corrected chi connectivity index (χ0v) is 18.6. The van der Waals surface area contributed by atoms with Crippen molar-refractivity contribution in [1.29, 1.82) is 0 Å². The second kappa shape index (κ2) is 9.98. The lowest BCUT2D eigenvalue weighted by Gasteiger charge is -2.27. The van der Waals surface area contributed by atoms with E-state index in [4.69, 9.17) is 32.7 Å². The van der Waals surface area contributed by atoms with Crippen LogP contribution in [0.5, 0.6) is 5.75 Å². The van der Waals surface area contributed by atoms with Gasteiger partial charge in [0.05, 0.1) is 23.1 Å². The Morgan fingerprint density at radius 1 is 1.20 bits per heavy atom. The summed E-state index contributed by atoms with van der Waals surface area (Å²) in [7, 11) is -3.68. The number of nitrogens with one attached hydrogen (secondary N) is 1. The molecule has 2 aromatic carbocycles. The van der Waals surface area contributed by atoms with Crippen LogP contribution in [0, 0.1) is 0 Å². The number of rotatable bonds is 7. The summed E-state index contributed by atoms with van der Waals surface area (Å²) in [5.41, 5.74) is 0.495. The fourth-order valence-corrected chi connectivity index (χ4v) is 5.05. The van der Waals surface area contributed by atoms with Crippen LogP contribution in [0.2, 0.25) is 10.0 Å². The minimum atomic E-state index is -3.68. The first-order valence-electron chi connectivity index (χ1n) is 9.34. The minimum Gasteiger partial charge on any atom is -0.479 e. The van der Waals surface area contributed by atoms with Gasteiger partial charge in [0.15, 0.2) is 6.10 Å². The van der Waals surface area contributed by atoms with E-state index in [9.17, 15) is 13.2 Å². The Hall–Kier alpha value is -1.84. The molecule has 0 saturated carbocycles. The topological polar surface area (TPSA) is 84.9 Å². The number of halogens is 2. The van der Waals surface area contributed by atoms with Crippen LogP contribution in [-0.2, 0) is 26.1 Å². The zero-order valence-electron chi connectivity index (χ0n) is 16.3. The van der Waals surface area contributed by atoms with Gasteiger partial charge in [0, 0.05) is 24.7 Å². The third-order valence-corrected chi connectivity index (χ3v) is 7.11. The normalized spacial score (nSPS) is 16.1. The molecule has 2 aromatic rings. The lowest BCUT2D eigenvalue weighted by Crippen LogP contribution is -2.41. The summed E-state index contributed by atoms with van der Waals surface area (Å²) in [5, 5.41) is 3.48. The number of nitrogens with zero attached hydrogens (tertiary/aromatic N) is 1. The third-order valence-electron chi connectivity index (χ3n) is 4.58. The highest BCUT2D eigenvalue weighted by Crippen LogP contribution is 2.28. The van der Waals surface area contributed by atoms with Gasteiger partial charge in [-0.15, -0.1) is 0 Å². The van der Waals surface area contributed by atoms with Crippen molar-refractivity contribution in [1.82, 2.24) is 9.62 Å². The van der Waals surface area contributed by atoms with Crippen LogP contribution in [0.1, 0.15) is 12.5 Å². The van der Waals surface area contributed by atoms with Gasteiger partial charge in [0.1, 0.15) is 5.75 Å². The maximum absolute atomic E-state index is 13.0. The Balaban J connectivity index is 1.67. The molecule has 0 bridgehead atoms. The first-order chi connectivity index (χ1) is 14.3. The van der Waals surface area contributed by atoms with Gasteiger partial charge < -0.3 is 14.8 Å². The van der Waals surface area contributed by atoms with Crippen molar-refractivity contribution in [2.45, 2.75) is 24.5 Å². The van der Waals surface area contributed by atoms with Crippen molar-refractivity contribution in [2.75, 3.05) is 26.3 Å². The van der Waals surface area contributed by atoms with Crippen molar-refractivity contribution in [3.05, 3.63) is 58.1 Å². The highest BCUT2D eigenvalue weighted by Gasteiger charge is 2.28. The monoisotopic (exact) mass is 472 g/mol. The number of hydrogen-bond donors (Lipinski definition) is 1. The largest absolute Gasteiger partial charge is 0.479 e. The van der Waals surface area contributed by atoms with E-state index in [2.05, 4.69) is 5.32 Å². The lowest BCUT2D eigenvalue weighted by molar-refractivity contribution is -0.127. The minimum absolute atomic E-state index is 0.0423. The molecular weight excluding hydrogens is 451 g/mol. The molecule has 30 heavy (non-hydrogen) atoms. The molecule has 1 aliphatic heterocycles. The van der Waals surface area contributed by atoms with Gasteiger partial charge in [-0.25, -0.2) is 8.42 Å². The van der Waals surface area contributed by atoms with Crippen LogP contribution in [0.3, 0.4) is 0 Å². The third kappa shape index (κ3) is 5.44. The molecule has 1 saturated heterocycles. The van der Waals surface area contributed by atoms with Crippen molar-refractivity contribution in [3.8, 4) is 5.75 Å². The average Bonchev–Trinajstić information content (AvgIpc) is 2.74. The second-order valence-electron chi connectivity index (χ2n) is 6.68. The van der Waals surface area contributed by atoms with Gasteiger partial charge in [-0.3, -0.25) is 4.79 Å². The fourth-order valence-electron chi connectivity index (χ4n) is 2.97. The number of sulfonamides is 1. The van der Waals surface area contributed by atoms with Crippen LogP contribution < -0.4 is 10.1 Å². The van der Waals surface area contributed by atoms with Crippen LogP contribution in [0.25, 0.3) is 0 Å². The Morgan fingerprint density at radius 3 is 2.60 bits per heavy atom. The van der Waals surface area contributed by atoms with Gasteiger partial charge in [0.25, 0.3) is 5.91 Å². The summed E-state index contributed by atoms with van der Waals surface area (Å²) < 4.78 is 38.2. The summed E-state index contributed by atoms with van der Waals surface area (Å²) in [6, 6.07) is 11.3. The van der Waals surface area contributed by atoms with Crippen molar-refractivity contribution in [3.63, 3.8) is 0 Å². The zero-order chi connectivity index (χ0) is 21.7. The Kier molecular flexibility index (Phi) is 7.60. The van der Waals surface area contributed by atoms with Crippen molar-refractivity contribution in [2.24, 2.45) is 0 Å². The van der Waals surface area contributed by atoms with Gasteiger partial charge in [-0.2, -0.15) is 4.31 Å². The summed E-state index contributed by atoms with van der Waals surface area (Å²) in [4.78, 5) is 12.6. The Labute approximate surface area is 185 Å². The van der Waals surface area contributed by atoms with Gasteiger partial charge in [0.2, 0.25) is 10.0 Å². The predicted molar refractivity (Wildman–Crippen MR) is 114 cm³/mol. The van der Waals surface area contributed by atoms with Crippen LogP contribution in [0.15, 0.2) is 47.4 Å². The number of amides is 1. The standard InChI is InChI=1S/C20H22Cl2N2O5S/c1-14(29-18-7-6-16(21)12-17(18)22)20(25)23-13-15-4-2-3-5-19(15)30(26,27)24-8-10-28-11-9-24/h2-7,12,14H,8-11,13H2,1H3,(H,23,25)/t14-/m0/s1. The van der Waals surface area contributed by atoms with E-state index in [1.165, 1.54) is 10.4 Å². The number of ether oxygens (including phenoxy) is 2. The van der Waals surface area contributed by atoms with E-state index in [1.807, 2.05) is 0 Å². The van der Waals surface area contributed by atoms with E-state index in [0.29, 0.717) is 47.7 Å². The van der Waals surface area contributed by atoms with E-state index in [-0.39, 0.29) is 11.4 Å². The first kappa shape index (κ1) is 22.8. The molecule has 162 valence electrons. The summed E-state index contributed by atoms with van der Waals surface area (Å²) in [6.07, 6.45) is -0.841. The molecule has 0 spiro atoms. The molecule has 1 amide bonds. The number of morpholine rings is 1. The molecule has 1 fully saturated rings. The highest BCUT2D eigenvalue weighted by molar-refractivity contribution is 7.89. The molecule has 1 heterocycles. The van der Waals surface area contributed by atoms with Crippen molar-refractivity contribution >= 4 is 39.1 Å².